The number of hydrogen-bond acceptors (Lipinski definition) is 2. The third-order valence-electron chi connectivity index (χ3n) is 3.48. The van der Waals surface area contributed by atoms with E-state index in [1.807, 2.05) is 0 Å². The average molecular weight is 235 g/mol. The van der Waals surface area contributed by atoms with Gasteiger partial charge in [-0.3, -0.25) is 4.90 Å². The zero-order valence-corrected chi connectivity index (χ0v) is 11.3. The Bertz CT molecular complexity index is 371. The molecule has 1 aliphatic heterocycles. The molecule has 0 bridgehead atoms. The van der Waals surface area contributed by atoms with Gasteiger partial charge in [-0.2, -0.15) is 12.6 Å². The molecule has 1 unspecified atom stereocenters. The van der Waals surface area contributed by atoms with Crippen LogP contribution in [0.3, 0.4) is 0 Å². The van der Waals surface area contributed by atoms with Crippen LogP contribution < -0.4 is 0 Å². The highest BCUT2D eigenvalue weighted by molar-refractivity contribution is 7.80. The summed E-state index contributed by atoms with van der Waals surface area (Å²) in [4.78, 5) is 2.43. The number of hydrogen-bond donors (Lipinski definition) is 1. The van der Waals surface area contributed by atoms with Gasteiger partial charge in [-0.25, -0.2) is 0 Å². The van der Waals surface area contributed by atoms with Crippen LogP contribution in [-0.2, 0) is 13.0 Å². The Morgan fingerprint density at radius 2 is 2.00 bits per heavy atom. The normalized spacial score (nSPS) is 18.6. The highest BCUT2D eigenvalue weighted by Gasteiger charge is 2.21. The third kappa shape index (κ3) is 2.28. The minimum absolute atomic E-state index is 0.357. The van der Waals surface area contributed by atoms with E-state index in [0.29, 0.717) is 11.3 Å². The molecule has 0 amide bonds. The Kier molecular flexibility index (Phi) is 3.60. The standard InChI is InChI=1S/C14H21NS/c1-10(2)13-6-4-5-12-9-15(11(3)16)8-7-14(12)13/h4-6,10-11,16H,7-9H2,1-3H3. The lowest BCUT2D eigenvalue weighted by Crippen LogP contribution is -2.35. The van der Waals surface area contributed by atoms with Crippen molar-refractivity contribution in [3.63, 3.8) is 0 Å². The lowest BCUT2D eigenvalue weighted by molar-refractivity contribution is 0.248. The molecule has 0 fully saturated rings. The van der Waals surface area contributed by atoms with E-state index in [1.54, 1.807) is 5.56 Å². The fourth-order valence-corrected chi connectivity index (χ4v) is 2.72. The van der Waals surface area contributed by atoms with Crippen molar-refractivity contribution in [3.05, 3.63) is 34.9 Å². The summed E-state index contributed by atoms with van der Waals surface area (Å²) in [5, 5.41) is 0.357. The van der Waals surface area contributed by atoms with Crippen LogP contribution in [0.5, 0.6) is 0 Å². The first-order chi connectivity index (χ1) is 7.59. The average Bonchev–Trinajstić information content (AvgIpc) is 2.27. The third-order valence-corrected chi connectivity index (χ3v) is 3.81. The van der Waals surface area contributed by atoms with Crippen molar-refractivity contribution in [2.24, 2.45) is 0 Å². The Balaban J connectivity index is 2.31. The number of thiol groups is 1. The highest BCUT2D eigenvalue weighted by Crippen LogP contribution is 2.28. The highest BCUT2D eigenvalue weighted by atomic mass is 32.1. The summed E-state index contributed by atoms with van der Waals surface area (Å²) in [7, 11) is 0. The van der Waals surface area contributed by atoms with E-state index in [4.69, 9.17) is 0 Å². The molecule has 88 valence electrons. The molecule has 1 aromatic carbocycles. The first-order valence-corrected chi connectivity index (χ1v) is 6.64. The van der Waals surface area contributed by atoms with Gasteiger partial charge in [0.2, 0.25) is 0 Å². The number of fused-ring (bicyclic) bond motifs is 1. The van der Waals surface area contributed by atoms with Gasteiger partial charge in [-0.05, 0) is 36.0 Å². The Morgan fingerprint density at radius 3 is 2.62 bits per heavy atom. The first kappa shape index (κ1) is 12.0. The fourth-order valence-electron chi connectivity index (χ4n) is 2.52. The smallest absolute Gasteiger partial charge is 0.0502 e. The van der Waals surface area contributed by atoms with Crippen LogP contribution in [0.15, 0.2) is 18.2 Å². The van der Waals surface area contributed by atoms with E-state index in [1.165, 1.54) is 17.5 Å². The Labute approximate surface area is 104 Å². The second-order valence-corrected chi connectivity index (χ2v) is 5.74. The molecule has 0 N–H and O–H groups in total. The van der Waals surface area contributed by atoms with Crippen molar-refractivity contribution in [2.75, 3.05) is 6.54 Å². The molecule has 1 aromatic rings. The van der Waals surface area contributed by atoms with Gasteiger partial charge in [-0.1, -0.05) is 32.0 Å². The molecule has 1 heterocycles. The molecule has 0 spiro atoms. The van der Waals surface area contributed by atoms with Gasteiger partial charge in [0.15, 0.2) is 0 Å². The maximum absolute atomic E-state index is 4.53. The zero-order chi connectivity index (χ0) is 11.7. The van der Waals surface area contributed by atoms with E-state index < -0.39 is 0 Å². The van der Waals surface area contributed by atoms with E-state index in [2.05, 4.69) is 56.5 Å². The van der Waals surface area contributed by atoms with Gasteiger partial charge in [0.05, 0.1) is 5.37 Å². The quantitative estimate of drug-likeness (QED) is 0.769. The van der Waals surface area contributed by atoms with Gasteiger partial charge in [0, 0.05) is 13.1 Å². The first-order valence-electron chi connectivity index (χ1n) is 6.12. The monoisotopic (exact) mass is 235 g/mol. The van der Waals surface area contributed by atoms with Crippen LogP contribution in [-0.4, -0.2) is 16.8 Å². The summed E-state index contributed by atoms with van der Waals surface area (Å²) in [5.74, 6) is 0.634. The van der Waals surface area contributed by atoms with Crippen molar-refractivity contribution < 1.29 is 0 Å². The zero-order valence-electron chi connectivity index (χ0n) is 10.4. The predicted molar refractivity (Wildman–Crippen MR) is 73.1 cm³/mol. The van der Waals surface area contributed by atoms with Crippen LogP contribution in [0.25, 0.3) is 0 Å². The predicted octanol–water partition coefficient (Wildman–Crippen LogP) is 3.44. The van der Waals surface area contributed by atoms with Crippen molar-refractivity contribution in [2.45, 2.75) is 45.0 Å². The second-order valence-electron chi connectivity index (χ2n) is 4.99. The molecule has 16 heavy (non-hydrogen) atoms. The summed E-state index contributed by atoms with van der Waals surface area (Å²) in [6.07, 6.45) is 1.18. The molecule has 0 saturated carbocycles. The Hall–Kier alpha value is -0.470. The number of rotatable bonds is 2. The van der Waals surface area contributed by atoms with Crippen LogP contribution in [0.1, 0.15) is 43.4 Å². The van der Waals surface area contributed by atoms with E-state index in [9.17, 15) is 0 Å². The lowest BCUT2D eigenvalue weighted by atomic mass is 9.89. The molecular formula is C14H21NS. The molecule has 1 aliphatic rings. The minimum atomic E-state index is 0.357. The molecule has 0 aliphatic carbocycles. The van der Waals surface area contributed by atoms with Gasteiger partial charge in [-0.15, -0.1) is 0 Å². The molecule has 1 nitrogen and oxygen atoms in total. The molecule has 0 aromatic heterocycles. The number of benzene rings is 1. The van der Waals surface area contributed by atoms with Crippen LogP contribution >= 0.6 is 12.6 Å². The minimum Gasteiger partial charge on any atom is -0.287 e. The largest absolute Gasteiger partial charge is 0.287 e. The second kappa shape index (κ2) is 4.80. The van der Waals surface area contributed by atoms with Crippen LogP contribution in [0, 0.1) is 0 Å². The van der Waals surface area contributed by atoms with Gasteiger partial charge in [0.25, 0.3) is 0 Å². The summed E-state index contributed by atoms with van der Waals surface area (Å²) < 4.78 is 0. The molecule has 0 saturated heterocycles. The molecule has 2 rings (SSSR count). The van der Waals surface area contributed by atoms with Gasteiger partial charge < -0.3 is 0 Å². The topological polar surface area (TPSA) is 3.24 Å². The van der Waals surface area contributed by atoms with Crippen LogP contribution in [0.4, 0.5) is 0 Å². The maximum atomic E-state index is 4.53. The maximum Gasteiger partial charge on any atom is 0.0502 e. The molecule has 0 radical (unpaired) electrons. The molecule has 2 heteroatoms. The molecule has 1 atom stereocenters. The van der Waals surface area contributed by atoms with Crippen molar-refractivity contribution >= 4 is 12.6 Å². The van der Waals surface area contributed by atoms with Gasteiger partial charge >= 0.3 is 0 Å². The van der Waals surface area contributed by atoms with E-state index in [0.717, 1.165) is 13.1 Å². The fraction of sp³-hybridized carbons (Fsp3) is 0.571. The summed E-state index contributed by atoms with van der Waals surface area (Å²) in [5.41, 5.74) is 4.62. The summed E-state index contributed by atoms with van der Waals surface area (Å²) in [6.45, 7) is 8.91. The van der Waals surface area contributed by atoms with Crippen molar-refractivity contribution in [3.8, 4) is 0 Å². The van der Waals surface area contributed by atoms with Crippen molar-refractivity contribution in [1.29, 1.82) is 0 Å². The van der Waals surface area contributed by atoms with Crippen LogP contribution in [0.2, 0.25) is 0 Å². The number of nitrogens with zero attached hydrogens (tertiary/aromatic N) is 1. The summed E-state index contributed by atoms with van der Waals surface area (Å²) in [6, 6.07) is 6.74. The van der Waals surface area contributed by atoms with E-state index >= 15 is 0 Å². The van der Waals surface area contributed by atoms with Crippen molar-refractivity contribution in [1.82, 2.24) is 4.90 Å². The Morgan fingerprint density at radius 1 is 1.25 bits per heavy atom. The molecular weight excluding hydrogens is 214 g/mol. The lowest BCUT2D eigenvalue weighted by Gasteiger charge is -2.33. The summed E-state index contributed by atoms with van der Waals surface area (Å²) >= 11 is 4.53. The van der Waals surface area contributed by atoms with Gasteiger partial charge in [0.1, 0.15) is 0 Å². The van der Waals surface area contributed by atoms with E-state index in [-0.39, 0.29) is 0 Å². The SMILES string of the molecule is CC(C)c1cccc2c1CCN(C(C)S)C2.